The molecule has 10 heteroatoms. The number of anilines is 1. The quantitative estimate of drug-likeness (QED) is 0.330. The lowest BCUT2D eigenvalue weighted by atomic mass is 10.2. The third-order valence-corrected chi connectivity index (χ3v) is 4.28. The summed E-state index contributed by atoms with van der Waals surface area (Å²) in [7, 11) is 0. The largest absolute Gasteiger partial charge is 0.494 e. The van der Waals surface area contributed by atoms with Gasteiger partial charge in [-0.05, 0) is 67.7 Å². The predicted molar refractivity (Wildman–Crippen MR) is 115 cm³/mol. The summed E-state index contributed by atoms with van der Waals surface area (Å²) in [6.07, 6.45) is -1.14. The number of halogens is 4. The molecule has 0 fully saturated rings. The Bertz CT molecular complexity index is 814. The van der Waals surface area contributed by atoms with Crippen molar-refractivity contribution in [1.29, 1.82) is 0 Å². The van der Waals surface area contributed by atoms with Gasteiger partial charge in [0.25, 0.3) is 5.91 Å². The van der Waals surface area contributed by atoms with Crippen LogP contribution in [0.25, 0.3) is 0 Å². The average molecular weight is 465 g/mol. The van der Waals surface area contributed by atoms with Gasteiger partial charge in [0.2, 0.25) is 3.79 Å². The molecule has 2 rings (SSSR count). The maximum absolute atomic E-state index is 13.0. The van der Waals surface area contributed by atoms with Crippen molar-refractivity contribution < 1.29 is 13.9 Å². The number of benzene rings is 2. The Balaban J connectivity index is 2.01. The number of hydrogen-bond acceptors (Lipinski definition) is 3. The maximum Gasteiger partial charge on any atom is 0.252 e. The Kier molecular flexibility index (Phi) is 8.12. The van der Waals surface area contributed by atoms with Gasteiger partial charge in [0.1, 0.15) is 17.7 Å². The molecule has 150 valence electrons. The van der Waals surface area contributed by atoms with Crippen molar-refractivity contribution in [2.24, 2.45) is 0 Å². The number of hydrogen-bond donors (Lipinski definition) is 3. The molecule has 0 saturated carbocycles. The summed E-state index contributed by atoms with van der Waals surface area (Å²) >= 11 is 23.1. The zero-order valence-electron chi connectivity index (χ0n) is 14.6. The first-order valence-corrected chi connectivity index (χ1v) is 9.66. The first kappa shape index (κ1) is 22.5. The highest BCUT2D eigenvalue weighted by Crippen LogP contribution is 2.29. The van der Waals surface area contributed by atoms with Crippen LogP contribution < -0.4 is 20.7 Å². The van der Waals surface area contributed by atoms with E-state index in [4.69, 9.17) is 51.8 Å². The van der Waals surface area contributed by atoms with E-state index in [2.05, 4.69) is 16.0 Å². The standard InChI is InChI=1S/C18H17Cl3FN3O2S/c1-2-27-14-9-7-13(8-10-14)23-17(28)25-16(18(19,20)21)24-15(26)11-3-5-12(22)6-4-11/h3-10,16H,2H2,1H3,(H,24,26)(H2,23,25,28)/t16-/m0/s1. The lowest BCUT2D eigenvalue weighted by molar-refractivity contribution is 0.0934. The monoisotopic (exact) mass is 463 g/mol. The molecular weight excluding hydrogens is 448 g/mol. The number of amides is 1. The second kappa shape index (κ2) is 10.1. The van der Waals surface area contributed by atoms with Gasteiger partial charge in [0.05, 0.1) is 6.61 Å². The molecule has 1 amide bonds. The maximum atomic E-state index is 13.0. The van der Waals surface area contributed by atoms with Gasteiger partial charge >= 0.3 is 0 Å². The Hall–Kier alpha value is -1.80. The molecule has 0 bridgehead atoms. The smallest absolute Gasteiger partial charge is 0.252 e. The fraction of sp³-hybridized carbons (Fsp3) is 0.222. The van der Waals surface area contributed by atoms with Crippen LogP contribution in [0.1, 0.15) is 17.3 Å². The van der Waals surface area contributed by atoms with Crippen LogP contribution in [0.15, 0.2) is 48.5 Å². The summed E-state index contributed by atoms with van der Waals surface area (Å²) in [5, 5.41) is 8.31. The second-order valence-corrected chi connectivity index (χ2v) is 8.29. The van der Waals surface area contributed by atoms with Crippen LogP contribution in [0.4, 0.5) is 10.1 Å². The normalized spacial score (nSPS) is 12.0. The molecule has 2 aromatic rings. The van der Waals surface area contributed by atoms with Crippen molar-refractivity contribution in [2.75, 3.05) is 11.9 Å². The summed E-state index contributed by atoms with van der Waals surface area (Å²) in [5.74, 6) is -0.307. The van der Waals surface area contributed by atoms with Crippen LogP contribution in [-0.4, -0.2) is 27.6 Å². The minimum atomic E-state index is -1.90. The number of carbonyl (C=O) groups excluding carboxylic acids is 1. The van der Waals surface area contributed by atoms with Crippen molar-refractivity contribution in [3.63, 3.8) is 0 Å². The summed E-state index contributed by atoms with van der Waals surface area (Å²) in [6, 6.07) is 12.0. The molecule has 1 atom stereocenters. The molecule has 3 N–H and O–H groups in total. The second-order valence-electron chi connectivity index (χ2n) is 5.51. The number of ether oxygens (including phenoxy) is 1. The van der Waals surface area contributed by atoms with E-state index >= 15 is 0 Å². The molecule has 0 aliphatic carbocycles. The lowest BCUT2D eigenvalue weighted by Crippen LogP contribution is -2.56. The van der Waals surface area contributed by atoms with Crippen LogP contribution in [-0.2, 0) is 0 Å². The van der Waals surface area contributed by atoms with Gasteiger partial charge in [-0.3, -0.25) is 4.79 Å². The Labute approximate surface area is 182 Å². The molecule has 0 unspecified atom stereocenters. The fourth-order valence-corrected chi connectivity index (χ4v) is 2.68. The average Bonchev–Trinajstić information content (AvgIpc) is 2.62. The molecule has 28 heavy (non-hydrogen) atoms. The van der Waals surface area contributed by atoms with Gasteiger partial charge in [0.15, 0.2) is 5.11 Å². The summed E-state index contributed by atoms with van der Waals surface area (Å²) in [4.78, 5) is 12.3. The summed E-state index contributed by atoms with van der Waals surface area (Å²) in [6.45, 7) is 2.45. The zero-order chi connectivity index (χ0) is 20.7. The van der Waals surface area contributed by atoms with Crippen LogP contribution in [0.2, 0.25) is 0 Å². The number of rotatable bonds is 6. The lowest BCUT2D eigenvalue weighted by Gasteiger charge is -2.27. The molecule has 0 saturated heterocycles. The molecule has 5 nitrogen and oxygen atoms in total. The minimum absolute atomic E-state index is 0.125. The molecule has 0 spiro atoms. The third-order valence-electron chi connectivity index (χ3n) is 3.41. The fourth-order valence-electron chi connectivity index (χ4n) is 2.11. The van der Waals surface area contributed by atoms with Crippen LogP contribution in [0.3, 0.4) is 0 Å². The topological polar surface area (TPSA) is 62.4 Å². The number of thiocarbonyl (C=S) groups is 1. The van der Waals surface area contributed by atoms with Crippen molar-refractivity contribution in [1.82, 2.24) is 10.6 Å². The van der Waals surface area contributed by atoms with Crippen molar-refractivity contribution in [3.8, 4) is 5.75 Å². The highest BCUT2D eigenvalue weighted by Gasteiger charge is 2.34. The summed E-state index contributed by atoms with van der Waals surface area (Å²) < 4.78 is 16.5. The Morgan fingerprint density at radius 3 is 2.25 bits per heavy atom. The third kappa shape index (κ3) is 6.98. The van der Waals surface area contributed by atoms with Gasteiger partial charge in [-0.1, -0.05) is 34.8 Å². The van der Waals surface area contributed by atoms with Gasteiger partial charge in [0, 0.05) is 11.3 Å². The van der Waals surface area contributed by atoms with E-state index in [0.717, 1.165) is 17.9 Å². The predicted octanol–water partition coefficient (Wildman–Crippen LogP) is 4.64. The van der Waals surface area contributed by atoms with Crippen molar-refractivity contribution in [2.45, 2.75) is 16.9 Å². The van der Waals surface area contributed by atoms with E-state index in [0.29, 0.717) is 12.3 Å². The van der Waals surface area contributed by atoms with Gasteiger partial charge < -0.3 is 20.7 Å². The highest BCUT2D eigenvalue weighted by molar-refractivity contribution is 7.80. The van der Waals surface area contributed by atoms with Crippen molar-refractivity contribution >= 4 is 63.7 Å². The molecule has 0 radical (unpaired) electrons. The molecule has 0 aliphatic heterocycles. The van der Waals surface area contributed by atoms with Crippen LogP contribution in [0.5, 0.6) is 5.75 Å². The minimum Gasteiger partial charge on any atom is -0.494 e. The molecule has 0 heterocycles. The number of nitrogens with one attached hydrogen (secondary N) is 3. The molecular formula is C18H17Cl3FN3O2S. The van der Waals surface area contributed by atoms with Gasteiger partial charge in [-0.15, -0.1) is 0 Å². The summed E-state index contributed by atoms with van der Waals surface area (Å²) in [5.41, 5.74) is 0.877. The van der Waals surface area contributed by atoms with Gasteiger partial charge in [-0.25, -0.2) is 4.39 Å². The van der Waals surface area contributed by atoms with E-state index in [1.54, 1.807) is 24.3 Å². The number of carbonyl (C=O) groups is 1. The first-order chi connectivity index (χ1) is 13.2. The Morgan fingerprint density at radius 1 is 1.11 bits per heavy atom. The number of alkyl halides is 3. The SMILES string of the molecule is CCOc1ccc(NC(=S)N[C@H](NC(=O)c2ccc(F)cc2)C(Cl)(Cl)Cl)cc1. The van der Waals surface area contributed by atoms with E-state index in [9.17, 15) is 9.18 Å². The first-order valence-electron chi connectivity index (χ1n) is 8.12. The van der Waals surface area contributed by atoms with E-state index in [1.165, 1.54) is 12.1 Å². The van der Waals surface area contributed by atoms with E-state index in [-0.39, 0.29) is 10.7 Å². The van der Waals surface area contributed by atoms with Crippen LogP contribution >= 0.6 is 47.0 Å². The van der Waals surface area contributed by atoms with E-state index < -0.39 is 21.7 Å². The van der Waals surface area contributed by atoms with Crippen LogP contribution in [0, 0.1) is 5.82 Å². The molecule has 2 aromatic carbocycles. The van der Waals surface area contributed by atoms with Crippen molar-refractivity contribution in [3.05, 3.63) is 59.9 Å². The highest BCUT2D eigenvalue weighted by atomic mass is 35.6. The van der Waals surface area contributed by atoms with E-state index in [1.807, 2.05) is 6.92 Å². The molecule has 0 aliphatic rings. The van der Waals surface area contributed by atoms with Gasteiger partial charge in [-0.2, -0.15) is 0 Å². The Morgan fingerprint density at radius 2 is 1.71 bits per heavy atom. The molecule has 0 aromatic heterocycles. The zero-order valence-corrected chi connectivity index (χ0v) is 17.7.